The highest BCUT2D eigenvalue weighted by Crippen LogP contribution is 2.43. The molecular weight excluding hydrogens is 484 g/mol. The number of rotatable bonds is 7. The van der Waals surface area contributed by atoms with Crippen LogP contribution in [0.4, 0.5) is 0 Å². The van der Waals surface area contributed by atoms with Crippen molar-refractivity contribution in [3.8, 4) is 11.8 Å². The fraction of sp³-hybridized carbons (Fsp3) is 0.267. The quantitative estimate of drug-likeness (QED) is 0.379. The molecule has 4 aromatic rings. The van der Waals surface area contributed by atoms with E-state index in [0.29, 0.717) is 5.56 Å². The van der Waals surface area contributed by atoms with Crippen molar-refractivity contribution in [2.45, 2.75) is 37.1 Å². The summed E-state index contributed by atoms with van der Waals surface area (Å²) in [5, 5.41) is 11.2. The van der Waals surface area contributed by atoms with Gasteiger partial charge in [0, 0.05) is 11.8 Å². The maximum Gasteiger partial charge on any atom is 0.302 e. The summed E-state index contributed by atoms with van der Waals surface area (Å²) < 4.78 is 26.0. The van der Waals surface area contributed by atoms with Gasteiger partial charge < -0.3 is 24.1 Å². The number of hydrogen-bond donors (Lipinski definition) is 1. The molecule has 0 aliphatic carbocycles. The number of nitrogens with zero attached hydrogens (tertiary/aromatic N) is 2. The number of methoxy groups -OCH3 is 1. The first-order valence-corrected chi connectivity index (χ1v) is 12.5. The largest absolute Gasteiger partial charge is 0.497 e. The summed E-state index contributed by atoms with van der Waals surface area (Å²) in [5.74, 6) is 0.740. The van der Waals surface area contributed by atoms with Gasteiger partial charge in [-0.25, -0.2) is 0 Å². The molecule has 0 unspecified atom stereocenters. The summed E-state index contributed by atoms with van der Waals surface area (Å²) in [6, 6.07) is 27.9. The predicted octanol–water partition coefficient (Wildman–Crippen LogP) is 3.59. The van der Waals surface area contributed by atoms with Crippen LogP contribution < -0.4 is 15.0 Å². The zero-order chi connectivity index (χ0) is 26.3. The number of benzene rings is 3. The minimum atomic E-state index is -0.989. The van der Waals surface area contributed by atoms with Crippen LogP contribution in [0.25, 0.3) is 0 Å². The maximum atomic E-state index is 12.0. The van der Waals surface area contributed by atoms with Crippen molar-refractivity contribution in [3.63, 3.8) is 0 Å². The normalized spacial score (nSPS) is 22.0. The van der Waals surface area contributed by atoms with Crippen molar-refractivity contribution in [2.24, 2.45) is 0 Å². The molecule has 8 heteroatoms. The van der Waals surface area contributed by atoms with Crippen LogP contribution in [0, 0.1) is 6.92 Å². The lowest BCUT2D eigenvalue weighted by molar-refractivity contribution is -0.0936. The summed E-state index contributed by atoms with van der Waals surface area (Å²) in [6.45, 7) is 1.76. The van der Waals surface area contributed by atoms with E-state index in [1.54, 1.807) is 24.8 Å². The minimum Gasteiger partial charge on any atom is -0.497 e. The molecule has 3 aromatic carbocycles. The van der Waals surface area contributed by atoms with E-state index < -0.39 is 30.1 Å². The van der Waals surface area contributed by atoms with Gasteiger partial charge in [-0.2, -0.15) is 4.98 Å². The third kappa shape index (κ3) is 3.98. The van der Waals surface area contributed by atoms with Gasteiger partial charge in [-0.15, -0.1) is 0 Å². The molecule has 0 bridgehead atoms. The Balaban J connectivity index is 1.37. The predicted molar refractivity (Wildman–Crippen MR) is 139 cm³/mol. The number of aliphatic hydroxyl groups excluding tert-OH is 1. The number of fused-ring (bicyclic) bond motifs is 3. The molecule has 0 saturated carbocycles. The van der Waals surface area contributed by atoms with Crippen LogP contribution in [0.1, 0.15) is 28.5 Å². The minimum absolute atomic E-state index is 0.0787. The molecule has 1 saturated heterocycles. The summed E-state index contributed by atoms with van der Waals surface area (Å²) in [6.07, 6.45) is -1.31. The lowest BCUT2D eigenvalue weighted by Crippen LogP contribution is -2.40. The van der Waals surface area contributed by atoms with Gasteiger partial charge in [0.1, 0.15) is 23.6 Å². The van der Waals surface area contributed by atoms with E-state index in [1.165, 1.54) is 0 Å². The first kappa shape index (κ1) is 24.4. The van der Waals surface area contributed by atoms with Crippen molar-refractivity contribution < 1.29 is 24.1 Å². The maximum absolute atomic E-state index is 12.0. The van der Waals surface area contributed by atoms with Gasteiger partial charge in [0.15, 0.2) is 12.3 Å². The van der Waals surface area contributed by atoms with Gasteiger partial charge in [-0.1, -0.05) is 72.8 Å². The molecule has 4 atom stereocenters. The van der Waals surface area contributed by atoms with Crippen LogP contribution in [-0.2, 0) is 15.1 Å². The molecule has 1 N–H and O–H groups in total. The summed E-state index contributed by atoms with van der Waals surface area (Å²) in [4.78, 5) is 15.9. The van der Waals surface area contributed by atoms with Crippen molar-refractivity contribution >= 4 is 0 Å². The fourth-order valence-electron chi connectivity index (χ4n) is 5.28. The van der Waals surface area contributed by atoms with Crippen LogP contribution in [-0.4, -0.2) is 46.7 Å². The monoisotopic (exact) mass is 512 g/mol. The number of hydrogen-bond acceptors (Lipinski definition) is 7. The van der Waals surface area contributed by atoms with Crippen molar-refractivity contribution in [1.82, 2.24) is 9.55 Å². The fourth-order valence-corrected chi connectivity index (χ4v) is 5.28. The Kier molecular flexibility index (Phi) is 6.23. The van der Waals surface area contributed by atoms with Gasteiger partial charge in [0.2, 0.25) is 0 Å². The summed E-state index contributed by atoms with van der Waals surface area (Å²) >= 11 is 0. The zero-order valence-corrected chi connectivity index (χ0v) is 21.1. The number of aliphatic hydroxyl groups is 1. The van der Waals surface area contributed by atoms with Crippen molar-refractivity contribution in [3.05, 3.63) is 124 Å². The van der Waals surface area contributed by atoms with Crippen LogP contribution in [0.3, 0.4) is 0 Å². The van der Waals surface area contributed by atoms with Gasteiger partial charge in [0.05, 0.1) is 13.7 Å². The molecule has 0 spiro atoms. The number of ether oxygens (including phenoxy) is 4. The third-order valence-electron chi connectivity index (χ3n) is 7.24. The molecule has 194 valence electrons. The van der Waals surface area contributed by atoms with E-state index in [4.69, 9.17) is 18.9 Å². The van der Waals surface area contributed by atoms with Crippen molar-refractivity contribution in [1.29, 1.82) is 0 Å². The van der Waals surface area contributed by atoms with E-state index in [9.17, 15) is 9.90 Å². The lowest BCUT2D eigenvalue weighted by atomic mass is 9.80. The number of aromatic nitrogens is 2. The average Bonchev–Trinajstić information content (AvgIpc) is 3.46. The van der Waals surface area contributed by atoms with Crippen LogP contribution >= 0.6 is 0 Å². The molecule has 6 rings (SSSR count). The second-order valence-corrected chi connectivity index (χ2v) is 9.51. The zero-order valence-electron chi connectivity index (χ0n) is 21.1. The number of aryl methyl sites for hydroxylation is 1. The first-order valence-electron chi connectivity index (χ1n) is 12.5. The SMILES string of the molecule is COc1ccc(C(OC[C@H]2O[C@@H]3[C@@H](Oc4nc(=O)c(C)cn43)[C@@H]2O)(c2ccccc2)c2ccccc2)cc1. The molecule has 2 aliphatic rings. The van der Waals surface area contributed by atoms with E-state index in [0.717, 1.165) is 22.4 Å². The topological polar surface area (TPSA) is 92.0 Å². The highest BCUT2D eigenvalue weighted by molar-refractivity contribution is 5.48. The van der Waals surface area contributed by atoms with E-state index >= 15 is 0 Å². The molecule has 38 heavy (non-hydrogen) atoms. The highest BCUT2D eigenvalue weighted by Gasteiger charge is 2.52. The van der Waals surface area contributed by atoms with E-state index in [2.05, 4.69) is 4.98 Å². The van der Waals surface area contributed by atoms with Crippen molar-refractivity contribution in [2.75, 3.05) is 13.7 Å². The van der Waals surface area contributed by atoms with Gasteiger partial charge in [-0.05, 0) is 35.7 Å². The Hall–Kier alpha value is -3.98. The Labute approximate surface area is 220 Å². The molecule has 3 heterocycles. The molecule has 2 aliphatic heterocycles. The van der Waals surface area contributed by atoms with Crippen LogP contribution in [0.2, 0.25) is 0 Å². The second kappa shape index (κ2) is 9.72. The summed E-state index contributed by atoms with van der Waals surface area (Å²) in [5.41, 5.74) is 1.90. The Morgan fingerprint density at radius 2 is 1.55 bits per heavy atom. The third-order valence-corrected chi connectivity index (χ3v) is 7.24. The summed E-state index contributed by atoms with van der Waals surface area (Å²) in [7, 11) is 1.63. The molecule has 1 fully saturated rings. The Bertz CT molecular complexity index is 1430. The molecule has 8 nitrogen and oxygen atoms in total. The second-order valence-electron chi connectivity index (χ2n) is 9.51. The van der Waals surface area contributed by atoms with Gasteiger partial charge >= 0.3 is 6.01 Å². The highest BCUT2D eigenvalue weighted by atomic mass is 16.6. The van der Waals surface area contributed by atoms with Crippen LogP contribution in [0.5, 0.6) is 11.8 Å². The van der Waals surface area contributed by atoms with E-state index in [1.807, 2.05) is 84.9 Å². The Morgan fingerprint density at radius 1 is 0.947 bits per heavy atom. The van der Waals surface area contributed by atoms with Gasteiger partial charge in [-0.3, -0.25) is 9.36 Å². The molecule has 0 radical (unpaired) electrons. The lowest BCUT2D eigenvalue weighted by Gasteiger charge is -2.37. The molecule has 0 amide bonds. The smallest absolute Gasteiger partial charge is 0.302 e. The molecule has 1 aromatic heterocycles. The van der Waals surface area contributed by atoms with E-state index in [-0.39, 0.29) is 18.2 Å². The van der Waals surface area contributed by atoms with Gasteiger partial charge in [0.25, 0.3) is 5.56 Å². The Morgan fingerprint density at radius 3 is 2.16 bits per heavy atom. The average molecular weight is 513 g/mol. The first-order chi connectivity index (χ1) is 18.5. The molecular formula is C30H28N2O6. The standard InChI is InChI=1S/C30H28N2O6/c1-19-17-32-28-26(38-29(32)31-27(19)34)25(33)24(37-28)18-36-30(20-9-5-3-6-10-20,21-11-7-4-8-12-21)22-13-15-23(35-2)16-14-22/h3-17,24-26,28,33H,18H2,1-2H3/t24-,25-,26+,28-/m1/s1. The van der Waals surface area contributed by atoms with Crippen LogP contribution in [0.15, 0.2) is 95.9 Å².